The second-order valence-corrected chi connectivity index (χ2v) is 6.94. The van der Waals surface area contributed by atoms with Gasteiger partial charge in [-0.2, -0.15) is 0 Å². The number of carbonyl (C=O) groups is 1. The van der Waals surface area contributed by atoms with Crippen LogP contribution in [0.15, 0.2) is 42.6 Å². The van der Waals surface area contributed by atoms with E-state index in [2.05, 4.69) is 40.0 Å². The first-order chi connectivity index (χ1) is 12.2. The molecule has 1 saturated heterocycles. The van der Waals surface area contributed by atoms with Gasteiger partial charge in [0.2, 0.25) is 0 Å². The fourth-order valence-corrected chi connectivity index (χ4v) is 3.63. The molecule has 1 fully saturated rings. The monoisotopic (exact) mass is 336 g/mol. The number of pyridine rings is 1. The predicted octanol–water partition coefficient (Wildman–Crippen LogP) is 2.03. The van der Waals surface area contributed by atoms with E-state index in [1.54, 1.807) is 6.20 Å². The molecule has 0 aliphatic carbocycles. The zero-order chi connectivity index (χ0) is 17.2. The summed E-state index contributed by atoms with van der Waals surface area (Å²) in [6, 6.07) is 12.3. The van der Waals surface area contributed by atoms with Crippen molar-refractivity contribution in [3.05, 3.63) is 59.4 Å². The third-order valence-electron chi connectivity index (χ3n) is 5.25. The number of anilines is 1. The molecule has 0 radical (unpaired) electrons. The molecule has 2 aromatic rings. The first-order valence-electron chi connectivity index (χ1n) is 8.96. The number of likely N-dealkylation sites (N-methyl/N-ethyl adjacent to an activating group) is 1. The second kappa shape index (κ2) is 6.84. The van der Waals surface area contributed by atoms with Crippen LogP contribution in [0.25, 0.3) is 0 Å². The molecule has 0 N–H and O–H groups in total. The van der Waals surface area contributed by atoms with E-state index in [-0.39, 0.29) is 5.91 Å². The standard InChI is InChI=1S/C20H24N4O/c1-22-10-12-23(13-11-22)18-6-8-21-19(14-18)20(25)24-9-7-16-4-2-3-5-17(16)15-24/h2-6,8,14H,7,9-13,15H2,1H3. The number of fused-ring (bicyclic) bond motifs is 1. The van der Waals surface area contributed by atoms with Crippen molar-refractivity contribution in [3.63, 3.8) is 0 Å². The zero-order valence-corrected chi connectivity index (χ0v) is 14.7. The number of rotatable bonds is 2. The van der Waals surface area contributed by atoms with Gasteiger partial charge in [0.1, 0.15) is 5.69 Å². The summed E-state index contributed by atoms with van der Waals surface area (Å²) in [6.45, 7) is 5.52. The zero-order valence-electron chi connectivity index (χ0n) is 14.7. The number of nitrogens with zero attached hydrogens (tertiary/aromatic N) is 4. The van der Waals surface area contributed by atoms with Crippen molar-refractivity contribution in [2.75, 3.05) is 44.7 Å². The van der Waals surface area contributed by atoms with E-state index < -0.39 is 0 Å². The Morgan fingerprint density at radius 2 is 1.76 bits per heavy atom. The maximum Gasteiger partial charge on any atom is 0.272 e. The molecule has 25 heavy (non-hydrogen) atoms. The van der Waals surface area contributed by atoms with E-state index in [0.29, 0.717) is 12.2 Å². The van der Waals surface area contributed by atoms with E-state index in [9.17, 15) is 4.79 Å². The molecule has 2 aliphatic rings. The fraction of sp³-hybridized carbons (Fsp3) is 0.400. The van der Waals surface area contributed by atoms with Crippen LogP contribution in [0.1, 0.15) is 21.6 Å². The summed E-state index contributed by atoms with van der Waals surface area (Å²) in [6.07, 6.45) is 2.68. The lowest BCUT2D eigenvalue weighted by molar-refractivity contribution is 0.0729. The Kier molecular flexibility index (Phi) is 4.40. The smallest absolute Gasteiger partial charge is 0.272 e. The van der Waals surface area contributed by atoms with Gasteiger partial charge in [-0.25, -0.2) is 0 Å². The number of carbonyl (C=O) groups excluding carboxylic acids is 1. The van der Waals surface area contributed by atoms with Gasteiger partial charge in [0.25, 0.3) is 5.91 Å². The largest absolute Gasteiger partial charge is 0.369 e. The molecule has 0 bridgehead atoms. The maximum absolute atomic E-state index is 12.9. The molecule has 1 amide bonds. The van der Waals surface area contributed by atoms with Crippen LogP contribution in [-0.4, -0.2) is 60.5 Å². The fourth-order valence-electron chi connectivity index (χ4n) is 3.63. The van der Waals surface area contributed by atoms with Crippen LogP contribution in [0.3, 0.4) is 0 Å². The van der Waals surface area contributed by atoms with E-state index >= 15 is 0 Å². The van der Waals surface area contributed by atoms with Crippen molar-refractivity contribution < 1.29 is 4.79 Å². The Morgan fingerprint density at radius 3 is 2.56 bits per heavy atom. The van der Waals surface area contributed by atoms with Crippen molar-refractivity contribution in [1.82, 2.24) is 14.8 Å². The van der Waals surface area contributed by atoms with Gasteiger partial charge >= 0.3 is 0 Å². The molecule has 1 aromatic heterocycles. The summed E-state index contributed by atoms with van der Waals surface area (Å²) in [4.78, 5) is 23.9. The van der Waals surface area contributed by atoms with Gasteiger partial charge in [0.05, 0.1) is 0 Å². The highest BCUT2D eigenvalue weighted by molar-refractivity contribution is 5.93. The first kappa shape index (κ1) is 16.1. The Hall–Kier alpha value is -2.40. The Bertz CT molecular complexity index is 768. The van der Waals surface area contributed by atoms with Gasteiger partial charge in [-0.1, -0.05) is 24.3 Å². The normalized spacial score (nSPS) is 18.1. The molecule has 5 nitrogen and oxygen atoms in total. The van der Waals surface area contributed by atoms with Gasteiger partial charge in [-0.05, 0) is 36.7 Å². The lowest BCUT2D eigenvalue weighted by Crippen LogP contribution is -2.44. The third-order valence-corrected chi connectivity index (χ3v) is 5.25. The number of benzene rings is 1. The number of piperazine rings is 1. The minimum Gasteiger partial charge on any atom is -0.369 e. The maximum atomic E-state index is 12.9. The summed E-state index contributed by atoms with van der Waals surface area (Å²) < 4.78 is 0. The molecule has 0 saturated carbocycles. The van der Waals surface area contributed by atoms with Crippen LogP contribution in [0.2, 0.25) is 0 Å². The summed E-state index contributed by atoms with van der Waals surface area (Å²) >= 11 is 0. The average molecular weight is 336 g/mol. The summed E-state index contributed by atoms with van der Waals surface area (Å²) in [5, 5.41) is 0. The lowest BCUT2D eigenvalue weighted by atomic mass is 10.00. The number of amides is 1. The number of aromatic nitrogens is 1. The molecular formula is C20H24N4O. The molecule has 2 aliphatic heterocycles. The minimum atomic E-state index is 0.0329. The van der Waals surface area contributed by atoms with E-state index in [1.807, 2.05) is 23.1 Å². The van der Waals surface area contributed by atoms with Crippen molar-refractivity contribution in [3.8, 4) is 0 Å². The van der Waals surface area contributed by atoms with Crippen LogP contribution in [0.4, 0.5) is 5.69 Å². The average Bonchev–Trinajstić information content (AvgIpc) is 2.68. The van der Waals surface area contributed by atoms with Crippen molar-refractivity contribution >= 4 is 11.6 Å². The van der Waals surface area contributed by atoms with Crippen LogP contribution >= 0.6 is 0 Å². The van der Waals surface area contributed by atoms with Crippen molar-refractivity contribution in [2.24, 2.45) is 0 Å². The molecule has 0 unspecified atom stereocenters. The molecule has 0 spiro atoms. The van der Waals surface area contributed by atoms with Crippen LogP contribution in [0, 0.1) is 0 Å². The Morgan fingerprint density at radius 1 is 1.00 bits per heavy atom. The first-order valence-corrected chi connectivity index (χ1v) is 8.96. The van der Waals surface area contributed by atoms with Gasteiger partial charge in [0, 0.05) is 51.2 Å². The molecule has 0 atom stereocenters. The highest BCUT2D eigenvalue weighted by Gasteiger charge is 2.23. The van der Waals surface area contributed by atoms with Crippen molar-refractivity contribution in [2.45, 2.75) is 13.0 Å². The van der Waals surface area contributed by atoms with Gasteiger partial charge in [0.15, 0.2) is 0 Å². The SMILES string of the molecule is CN1CCN(c2ccnc(C(=O)N3CCc4ccccc4C3)c2)CC1. The molecule has 5 heteroatoms. The van der Waals surface area contributed by atoms with E-state index in [1.165, 1.54) is 11.1 Å². The Balaban J connectivity index is 1.50. The van der Waals surface area contributed by atoms with E-state index in [4.69, 9.17) is 0 Å². The molecule has 1 aromatic carbocycles. The predicted molar refractivity (Wildman–Crippen MR) is 98.8 cm³/mol. The highest BCUT2D eigenvalue weighted by Crippen LogP contribution is 2.22. The van der Waals surface area contributed by atoms with Crippen LogP contribution < -0.4 is 4.90 Å². The molecular weight excluding hydrogens is 312 g/mol. The van der Waals surface area contributed by atoms with Gasteiger partial charge in [-0.3, -0.25) is 9.78 Å². The van der Waals surface area contributed by atoms with Crippen molar-refractivity contribution in [1.29, 1.82) is 0 Å². The molecule has 130 valence electrons. The number of hydrogen-bond donors (Lipinski definition) is 0. The van der Waals surface area contributed by atoms with Crippen LogP contribution in [0.5, 0.6) is 0 Å². The second-order valence-electron chi connectivity index (χ2n) is 6.94. The lowest BCUT2D eigenvalue weighted by Gasteiger charge is -2.34. The quantitative estimate of drug-likeness (QED) is 0.841. The van der Waals surface area contributed by atoms with Gasteiger partial charge in [-0.15, -0.1) is 0 Å². The summed E-state index contributed by atoms with van der Waals surface area (Å²) in [5.41, 5.74) is 4.25. The van der Waals surface area contributed by atoms with Gasteiger partial charge < -0.3 is 14.7 Å². The molecule has 4 rings (SSSR count). The third kappa shape index (κ3) is 3.37. The van der Waals surface area contributed by atoms with Crippen LogP contribution in [-0.2, 0) is 13.0 Å². The highest BCUT2D eigenvalue weighted by atomic mass is 16.2. The summed E-state index contributed by atoms with van der Waals surface area (Å²) in [5.74, 6) is 0.0329. The molecule has 3 heterocycles. The van der Waals surface area contributed by atoms with E-state index in [0.717, 1.165) is 44.8 Å². The Labute approximate surface area is 148 Å². The topological polar surface area (TPSA) is 39.7 Å². The summed E-state index contributed by atoms with van der Waals surface area (Å²) in [7, 11) is 2.15. The number of hydrogen-bond acceptors (Lipinski definition) is 4. The minimum absolute atomic E-state index is 0.0329.